The third kappa shape index (κ3) is 5.18. The number of amides is 2. The Bertz CT molecular complexity index is 1140. The van der Waals surface area contributed by atoms with Gasteiger partial charge in [-0.05, 0) is 50.2 Å². The quantitative estimate of drug-likeness (QED) is 0.702. The van der Waals surface area contributed by atoms with E-state index in [0.29, 0.717) is 31.9 Å². The van der Waals surface area contributed by atoms with E-state index in [0.717, 1.165) is 12.3 Å². The summed E-state index contributed by atoms with van der Waals surface area (Å²) in [6.45, 7) is 5.01. The van der Waals surface area contributed by atoms with Crippen LogP contribution < -0.4 is 15.4 Å². The Hall–Kier alpha value is -3.14. The topological polar surface area (TPSA) is 110 Å². The maximum absolute atomic E-state index is 14.5. The molecule has 10 heteroatoms. The van der Waals surface area contributed by atoms with E-state index >= 15 is 0 Å². The maximum atomic E-state index is 14.5. The van der Waals surface area contributed by atoms with E-state index in [1.807, 2.05) is 13.8 Å². The van der Waals surface area contributed by atoms with Crippen LogP contribution in [0.25, 0.3) is 0 Å². The first-order valence-electron chi connectivity index (χ1n) is 10.1. The summed E-state index contributed by atoms with van der Waals surface area (Å²) in [6, 6.07) is 8.32. The van der Waals surface area contributed by atoms with Crippen molar-refractivity contribution in [1.82, 2.24) is 4.90 Å². The summed E-state index contributed by atoms with van der Waals surface area (Å²) in [5.74, 6) is -1.22. The molecule has 1 aliphatic rings. The van der Waals surface area contributed by atoms with Crippen LogP contribution in [0.4, 0.5) is 10.1 Å². The van der Waals surface area contributed by atoms with Gasteiger partial charge in [0.2, 0.25) is 5.91 Å². The second kappa shape index (κ2) is 9.15. The predicted octanol–water partition coefficient (Wildman–Crippen LogP) is 2.08. The van der Waals surface area contributed by atoms with Crippen molar-refractivity contribution in [1.29, 1.82) is 0 Å². The van der Waals surface area contributed by atoms with Crippen molar-refractivity contribution in [3.8, 4) is 5.75 Å². The number of carbonyl (C=O) groups is 2. The molecule has 1 heterocycles. The average Bonchev–Trinajstić information content (AvgIpc) is 2.72. The lowest BCUT2D eigenvalue weighted by atomic mass is 10.1. The van der Waals surface area contributed by atoms with Crippen LogP contribution in [0.15, 0.2) is 41.3 Å². The Morgan fingerprint density at radius 2 is 1.72 bits per heavy atom. The lowest BCUT2D eigenvalue weighted by Gasteiger charge is -2.36. The molecule has 0 bridgehead atoms. The number of nitrogens with zero attached hydrogens (tertiary/aromatic N) is 2. The number of sulfone groups is 1. The van der Waals surface area contributed by atoms with Crippen molar-refractivity contribution < 1.29 is 27.1 Å². The summed E-state index contributed by atoms with van der Waals surface area (Å²) in [5.41, 5.74) is 6.09. The number of rotatable bonds is 6. The Morgan fingerprint density at radius 3 is 2.25 bits per heavy atom. The van der Waals surface area contributed by atoms with E-state index in [1.54, 1.807) is 15.9 Å². The van der Waals surface area contributed by atoms with Gasteiger partial charge in [0, 0.05) is 38.0 Å². The molecule has 0 saturated carbocycles. The number of piperazine rings is 1. The highest BCUT2D eigenvalue weighted by molar-refractivity contribution is 7.90. The van der Waals surface area contributed by atoms with Gasteiger partial charge in [-0.25, -0.2) is 12.8 Å². The Labute approximate surface area is 186 Å². The molecular weight excluding hydrogens is 437 g/mol. The van der Waals surface area contributed by atoms with Crippen LogP contribution in [-0.4, -0.2) is 63.7 Å². The highest BCUT2D eigenvalue weighted by Gasteiger charge is 2.27. The monoisotopic (exact) mass is 463 g/mol. The molecule has 8 nitrogen and oxygen atoms in total. The van der Waals surface area contributed by atoms with Gasteiger partial charge in [0.1, 0.15) is 11.6 Å². The fourth-order valence-electron chi connectivity index (χ4n) is 3.50. The van der Waals surface area contributed by atoms with Gasteiger partial charge in [0.05, 0.1) is 22.3 Å². The normalized spacial score (nSPS) is 14.5. The maximum Gasteiger partial charge on any atom is 0.257 e. The van der Waals surface area contributed by atoms with Crippen LogP contribution in [0, 0.1) is 5.82 Å². The zero-order valence-corrected chi connectivity index (χ0v) is 19.0. The number of halogens is 1. The fraction of sp³-hybridized carbons (Fsp3) is 0.364. The number of hydrogen-bond donors (Lipinski definition) is 1. The largest absolute Gasteiger partial charge is 0.490 e. The van der Waals surface area contributed by atoms with Crippen LogP contribution in [0.2, 0.25) is 0 Å². The molecule has 2 aromatic rings. The van der Waals surface area contributed by atoms with Gasteiger partial charge in [0.15, 0.2) is 9.84 Å². The number of anilines is 1. The van der Waals surface area contributed by atoms with E-state index in [9.17, 15) is 22.4 Å². The average molecular weight is 464 g/mol. The molecule has 0 unspecified atom stereocenters. The summed E-state index contributed by atoms with van der Waals surface area (Å²) >= 11 is 0. The number of carbonyl (C=O) groups excluding carboxylic acids is 2. The van der Waals surface area contributed by atoms with Gasteiger partial charge >= 0.3 is 0 Å². The van der Waals surface area contributed by atoms with Crippen molar-refractivity contribution in [3.05, 3.63) is 53.3 Å². The molecule has 0 atom stereocenters. The molecule has 0 radical (unpaired) electrons. The lowest BCUT2D eigenvalue weighted by molar-refractivity contribution is 0.0740. The third-order valence-electron chi connectivity index (χ3n) is 5.11. The van der Waals surface area contributed by atoms with Gasteiger partial charge in [-0.2, -0.15) is 0 Å². The SMILES string of the molecule is CC(C)Oc1ccc(C(N)=O)cc1C(=O)N1CCN(c2ccc(S(C)(=O)=O)cc2F)CC1. The number of primary amides is 1. The number of hydrogen-bond acceptors (Lipinski definition) is 6. The van der Waals surface area contributed by atoms with Gasteiger partial charge in [-0.3, -0.25) is 9.59 Å². The van der Waals surface area contributed by atoms with Crippen molar-refractivity contribution in [3.63, 3.8) is 0 Å². The van der Waals surface area contributed by atoms with E-state index in [-0.39, 0.29) is 33.7 Å². The van der Waals surface area contributed by atoms with Crippen molar-refractivity contribution >= 4 is 27.3 Å². The summed E-state index contributed by atoms with van der Waals surface area (Å²) < 4.78 is 43.5. The van der Waals surface area contributed by atoms with Gasteiger partial charge in [-0.15, -0.1) is 0 Å². The van der Waals surface area contributed by atoms with Crippen LogP contribution in [-0.2, 0) is 9.84 Å². The molecule has 2 N–H and O–H groups in total. The predicted molar refractivity (Wildman–Crippen MR) is 118 cm³/mol. The number of ether oxygens (including phenoxy) is 1. The molecule has 1 saturated heterocycles. The highest BCUT2D eigenvalue weighted by Crippen LogP contribution is 2.26. The van der Waals surface area contributed by atoms with Gasteiger partial charge in [0.25, 0.3) is 5.91 Å². The van der Waals surface area contributed by atoms with Gasteiger partial charge in [-0.1, -0.05) is 0 Å². The zero-order valence-electron chi connectivity index (χ0n) is 18.2. The minimum absolute atomic E-state index is 0.0837. The summed E-state index contributed by atoms with van der Waals surface area (Å²) in [6.07, 6.45) is 0.853. The van der Waals surface area contributed by atoms with Crippen molar-refractivity contribution in [2.45, 2.75) is 24.8 Å². The molecule has 1 aliphatic heterocycles. The van der Waals surface area contributed by atoms with E-state index in [2.05, 4.69) is 0 Å². The first-order valence-corrected chi connectivity index (χ1v) is 12.0. The Balaban J connectivity index is 1.77. The minimum Gasteiger partial charge on any atom is -0.490 e. The second-order valence-corrected chi connectivity index (χ2v) is 9.92. The number of benzene rings is 2. The molecule has 3 rings (SSSR count). The smallest absolute Gasteiger partial charge is 0.257 e. The molecule has 0 aromatic heterocycles. The second-order valence-electron chi connectivity index (χ2n) is 7.91. The first-order chi connectivity index (χ1) is 15.0. The molecular formula is C22H26FN3O5S. The molecule has 172 valence electrons. The fourth-order valence-corrected chi connectivity index (χ4v) is 4.14. The van der Waals surface area contributed by atoms with Crippen LogP contribution in [0.1, 0.15) is 34.6 Å². The minimum atomic E-state index is -3.50. The van der Waals surface area contributed by atoms with E-state index < -0.39 is 21.6 Å². The van der Waals surface area contributed by atoms with E-state index in [4.69, 9.17) is 10.5 Å². The van der Waals surface area contributed by atoms with Crippen LogP contribution in [0.3, 0.4) is 0 Å². The molecule has 0 aliphatic carbocycles. The molecule has 2 amide bonds. The lowest BCUT2D eigenvalue weighted by Crippen LogP contribution is -2.49. The molecule has 32 heavy (non-hydrogen) atoms. The Morgan fingerprint density at radius 1 is 1.06 bits per heavy atom. The molecule has 2 aromatic carbocycles. The summed E-state index contributed by atoms with van der Waals surface area (Å²) in [4.78, 5) is 28.0. The summed E-state index contributed by atoms with van der Waals surface area (Å²) in [7, 11) is -3.50. The zero-order chi connectivity index (χ0) is 23.6. The summed E-state index contributed by atoms with van der Waals surface area (Å²) in [5, 5.41) is 0. The van der Waals surface area contributed by atoms with Crippen LogP contribution >= 0.6 is 0 Å². The molecule has 1 fully saturated rings. The van der Waals surface area contributed by atoms with Crippen LogP contribution in [0.5, 0.6) is 5.75 Å². The van der Waals surface area contributed by atoms with Crippen molar-refractivity contribution in [2.75, 3.05) is 37.3 Å². The van der Waals surface area contributed by atoms with E-state index in [1.165, 1.54) is 24.3 Å². The third-order valence-corrected chi connectivity index (χ3v) is 6.22. The first kappa shape index (κ1) is 23.5. The standard InChI is InChI=1S/C22H26FN3O5S/c1-14(2)31-20-7-4-15(21(24)27)12-17(20)22(28)26-10-8-25(9-11-26)19-6-5-16(13-18(19)23)32(3,29)30/h4-7,12-14H,8-11H2,1-3H3,(H2,24,27). The van der Waals surface area contributed by atoms with Gasteiger partial charge < -0.3 is 20.3 Å². The Kier molecular flexibility index (Phi) is 6.73. The highest BCUT2D eigenvalue weighted by atomic mass is 32.2. The van der Waals surface area contributed by atoms with Crippen molar-refractivity contribution in [2.24, 2.45) is 5.73 Å². The molecule has 0 spiro atoms. The number of nitrogens with two attached hydrogens (primary N) is 1.